The summed E-state index contributed by atoms with van der Waals surface area (Å²) in [7, 11) is -1.88. The van der Waals surface area contributed by atoms with Gasteiger partial charge in [-0.25, -0.2) is 12.8 Å². The number of aromatic nitrogens is 3. The van der Waals surface area contributed by atoms with E-state index in [-0.39, 0.29) is 17.1 Å². The van der Waals surface area contributed by atoms with Crippen LogP contribution in [-0.2, 0) is 17.1 Å². The lowest BCUT2D eigenvalue weighted by molar-refractivity contribution is 0.474. The minimum atomic E-state index is -3.55. The Hall–Kier alpha value is -3.61. The molecule has 12 heteroatoms. The van der Waals surface area contributed by atoms with Crippen molar-refractivity contribution in [3.8, 4) is 32.5 Å². The number of hydrogen-bond donors (Lipinski definition) is 1. The van der Waals surface area contributed by atoms with Crippen molar-refractivity contribution in [2.24, 2.45) is 7.05 Å². The van der Waals surface area contributed by atoms with Crippen molar-refractivity contribution in [2.45, 2.75) is 27.7 Å². The molecule has 0 saturated heterocycles. The van der Waals surface area contributed by atoms with E-state index in [9.17, 15) is 17.6 Å². The van der Waals surface area contributed by atoms with Crippen LogP contribution >= 0.6 is 22.7 Å². The fraction of sp³-hybridized carbons (Fsp3) is 0.222. The summed E-state index contributed by atoms with van der Waals surface area (Å²) in [5.41, 5.74) is 2.65. The van der Waals surface area contributed by atoms with Gasteiger partial charge in [-0.1, -0.05) is 11.3 Å². The van der Waals surface area contributed by atoms with Crippen molar-refractivity contribution in [2.75, 3.05) is 10.5 Å². The number of nitrogens with zero attached hydrogens (tertiary/aromatic N) is 3. The van der Waals surface area contributed by atoms with E-state index < -0.39 is 10.0 Å². The maximum absolute atomic E-state index is 14.0. The average Bonchev–Trinajstić information content (AvgIpc) is 3.51. The van der Waals surface area contributed by atoms with Crippen LogP contribution in [0, 0.1) is 26.6 Å². The number of anilines is 1. The molecule has 5 aromatic rings. The lowest BCUT2D eigenvalue weighted by Crippen LogP contribution is -2.16. The number of halogens is 1. The number of thiophene rings is 1. The molecule has 1 N–H and O–H groups in total. The van der Waals surface area contributed by atoms with E-state index in [0.717, 1.165) is 9.88 Å². The van der Waals surface area contributed by atoms with Crippen molar-refractivity contribution in [1.29, 1.82) is 0 Å². The quantitative estimate of drug-likeness (QED) is 0.237. The fourth-order valence-corrected chi connectivity index (χ4v) is 6.79. The summed E-state index contributed by atoms with van der Waals surface area (Å²) in [6, 6.07) is 9.57. The molecule has 0 aliphatic rings. The number of rotatable bonds is 7. The lowest BCUT2D eigenvalue weighted by Gasteiger charge is -2.18. The van der Waals surface area contributed by atoms with Crippen LogP contribution in [0.5, 0.6) is 11.5 Å². The molecule has 0 aliphatic heterocycles. The summed E-state index contributed by atoms with van der Waals surface area (Å²) in [6.07, 6.45) is 1.71. The Kier molecular flexibility index (Phi) is 7.04. The minimum absolute atomic E-state index is 0.0891. The highest BCUT2D eigenvalue weighted by Crippen LogP contribution is 2.44. The summed E-state index contributed by atoms with van der Waals surface area (Å²) in [5.74, 6) is 0.471. The van der Waals surface area contributed by atoms with Crippen molar-refractivity contribution in [1.82, 2.24) is 14.8 Å². The normalized spacial score (nSPS) is 11.7. The third-order valence-electron chi connectivity index (χ3n) is 6.15. The highest BCUT2D eigenvalue weighted by Gasteiger charge is 2.21. The van der Waals surface area contributed by atoms with Gasteiger partial charge in [-0.3, -0.25) is 9.52 Å². The number of aryl methyl sites for hydroxylation is 4. The highest BCUT2D eigenvalue weighted by molar-refractivity contribution is 7.92. The molecule has 3 aromatic heterocycles. The Labute approximate surface area is 232 Å². The van der Waals surface area contributed by atoms with Crippen LogP contribution in [-0.4, -0.2) is 28.9 Å². The molecule has 0 unspecified atom stereocenters. The van der Waals surface area contributed by atoms with Gasteiger partial charge in [0.1, 0.15) is 22.3 Å². The first kappa shape index (κ1) is 27.0. The first-order chi connectivity index (χ1) is 18.5. The SMILES string of the molecule is CCS(=O)(=O)Nc1ccc(Oc2c(C)cc(F)cc2C)c(-c2cn(C)c(=O)c3cc(-c4nnc(C)s4)sc23)c1. The molecule has 2 aromatic carbocycles. The van der Waals surface area contributed by atoms with Crippen LogP contribution in [0.2, 0.25) is 0 Å². The second kappa shape index (κ2) is 10.2. The first-order valence-corrected chi connectivity index (χ1v) is 15.3. The molecule has 39 heavy (non-hydrogen) atoms. The van der Waals surface area contributed by atoms with E-state index >= 15 is 0 Å². The first-order valence-electron chi connectivity index (χ1n) is 12.0. The molecule has 5 rings (SSSR count). The lowest BCUT2D eigenvalue weighted by atomic mass is 10.0. The standard InChI is InChI=1S/C27H25FN4O4S3/c1-6-39(34,35)31-18-7-8-22(36-24-14(2)9-17(28)10-15(24)3)19(11-18)21-13-32(5)27(33)20-12-23(38-25(20)21)26-30-29-16(4)37-26/h7-13,31H,6H2,1-5H3. The number of fused-ring (bicyclic) bond motifs is 1. The van der Waals surface area contributed by atoms with Gasteiger partial charge >= 0.3 is 0 Å². The fourth-order valence-electron chi connectivity index (χ4n) is 4.26. The van der Waals surface area contributed by atoms with E-state index in [4.69, 9.17) is 4.74 Å². The van der Waals surface area contributed by atoms with E-state index in [2.05, 4.69) is 14.9 Å². The number of ether oxygens (including phenoxy) is 1. The van der Waals surface area contributed by atoms with Gasteiger partial charge in [0.15, 0.2) is 5.01 Å². The van der Waals surface area contributed by atoms with Crippen LogP contribution in [0.3, 0.4) is 0 Å². The van der Waals surface area contributed by atoms with E-state index in [1.54, 1.807) is 52.2 Å². The summed E-state index contributed by atoms with van der Waals surface area (Å²) in [5, 5.41) is 10.4. The zero-order valence-electron chi connectivity index (χ0n) is 21.8. The van der Waals surface area contributed by atoms with Crippen LogP contribution in [0.15, 0.2) is 47.4 Å². The molecular formula is C27H25FN4O4S3. The van der Waals surface area contributed by atoms with Crippen molar-refractivity contribution < 1.29 is 17.5 Å². The maximum Gasteiger partial charge on any atom is 0.259 e. The molecule has 0 fully saturated rings. The molecule has 0 saturated carbocycles. The number of hydrogen-bond acceptors (Lipinski definition) is 8. The molecule has 0 radical (unpaired) electrons. The van der Waals surface area contributed by atoms with Gasteiger partial charge in [0.05, 0.1) is 16.0 Å². The third kappa shape index (κ3) is 5.32. The Morgan fingerprint density at radius 3 is 2.38 bits per heavy atom. The average molecular weight is 585 g/mol. The van der Waals surface area contributed by atoms with Gasteiger partial charge in [0, 0.05) is 34.8 Å². The largest absolute Gasteiger partial charge is 0.456 e. The van der Waals surface area contributed by atoms with Crippen LogP contribution in [0.4, 0.5) is 10.1 Å². The van der Waals surface area contributed by atoms with Gasteiger partial charge in [-0.05, 0) is 75.2 Å². The van der Waals surface area contributed by atoms with Gasteiger partial charge in [0.2, 0.25) is 10.0 Å². The Morgan fingerprint density at radius 1 is 1.03 bits per heavy atom. The Bertz CT molecular complexity index is 1890. The molecule has 0 atom stereocenters. The topological polar surface area (TPSA) is 103 Å². The van der Waals surface area contributed by atoms with Crippen molar-refractivity contribution in [3.63, 3.8) is 0 Å². The summed E-state index contributed by atoms with van der Waals surface area (Å²) in [6.45, 7) is 6.94. The predicted octanol–water partition coefficient (Wildman–Crippen LogP) is 6.40. The van der Waals surface area contributed by atoms with Gasteiger partial charge in [-0.15, -0.1) is 21.5 Å². The second-order valence-electron chi connectivity index (χ2n) is 9.13. The number of sulfonamides is 1. The molecular weight excluding hydrogens is 560 g/mol. The zero-order valence-corrected chi connectivity index (χ0v) is 24.3. The molecule has 202 valence electrons. The number of nitrogens with one attached hydrogen (secondary N) is 1. The summed E-state index contributed by atoms with van der Waals surface area (Å²) >= 11 is 2.84. The zero-order chi connectivity index (χ0) is 28.1. The third-order valence-corrected chi connectivity index (χ3v) is 9.63. The smallest absolute Gasteiger partial charge is 0.259 e. The number of benzene rings is 2. The van der Waals surface area contributed by atoms with Gasteiger partial charge in [-0.2, -0.15) is 0 Å². The second-order valence-corrected chi connectivity index (χ2v) is 13.4. The molecule has 0 spiro atoms. The van der Waals surface area contributed by atoms with E-state index in [1.165, 1.54) is 39.4 Å². The van der Waals surface area contributed by atoms with Crippen LogP contribution in [0.1, 0.15) is 23.1 Å². The summed E-state index contributed by atoms with van der Waals surface area (Å²) < 4.78 is 49.8. The minimum Gasteiger partial charge on any atom is -0.456 e. The predicted molar refractivity (Wildman–Crippen MR) is 155 cm³/mol. The molecule has 0 amide bonds. The molecule has 8 nitrogen and oxygen atoms in total. The Balaban J connectivity index is 1.76. The number of pyridine rings is 1. The van der Waals surface area contributed by atoms with Crippen LogP contribution in [0.25, 0.3) is 31.1 Å². The van der Waals surface area contributed by atoms with E-state index in [1.807, 2.05) is 13.0 Å². The van der Waals surface area contributed by atoms with Crippen LogP contribution < -0.4 is 15.0 Å². The monoisotopic (exact) mass is 584 g/mol. The van der Waals surface area contributed by atoms with Crippen molar-refractivity contribution in [3.05, 3.63) is 74.9 Å². The Morgan fingerprint density at radius 2 is 1.74 bits per heavy atom. The van der Waals surface area contributed by atoms with Gasteiger partial charge < -0.3 is 9.30 Å². The summed E-state index contributed by atoms with van der Waals surface area (Å²) in [4.78, 5) is 13.9. The van der Waals surface area contributed by atoms with Gasteiger partial charge in [0.25, 0.3) is 5.56 Å². The highest BCUT2D eigenvalue weighted by atomic mass is 32.2. The maximum atomic E-state index is 14.0. The molecule has 3 heterocycles. The molecule has 0 bridgehead atoms. The van der Waals surface area contributed by atoms with E-state index in [0.29, 0.717) is 54.5 Å². The van der Waals surface area contributed by atoms with Crippen molar-refractivity contribution >= 4 is 48.5 Å². The molecule has 0 aliphatic carbocycles.